The maximum absolute atomic E-state index is 12.7. The number of carbonyl (C=O) groups excluding carboxylic acids is 1. The number of sulfonamides is 1. The molecule has 1 N–H and O–H groups in total. The minimum Gasteiger partial charge on any atom is -0.267 e. The Hall–Kier alpha value is -1.73. The highest BCUT2D eigenvalue weighted by atomic mass is 32.2. The quantitative estimate of drug-likeness (QED) is 0.783. The van der Waals surface area contributed by atoms with Gasteiger partial charge in [0.05, 0.1) is 4.90 Å². The minimum absolute atomic E-state index is 0.0197. The van der Waals surface area contributed by atoms with Crippen LogP contribution in [0.1, 0.15) is 63.2 Å². The maximum Gasteiger partial charge on any atom is 0.271 e. The number of benzene rings is 1. The minimum atomic E-state index is -3.54. The molecule has 28 heavy (non-hydrogen) atoms. The second-order valence-corrected chi connectivity index (χ2v) is 11.1. The predicted octanol–water partition coefficient (Wildman–Crippen LogP) is 3.40. The number of hydrogen-bond donors (Lipinski definition) is 1. The Bertz CT molecular complexity index is 932. The fourth-order valence-corrected chi connectivity index (χ4v) is 6.72. The molecule has 1 saturated heterocycles. The molecule has 1 aromatic carbocycles. The van der Waals surface area contributed by atoms with Crippen LogP contribution < -0.4 is 5.43 Å². The fourth-order valence-electron chi connectivity index (χ4n) is 5.16. The summed E-state index contributed by atoms with van der Waals surface area (Å²) in [6.07, 6.45) is 5.00. The Morgan fingerprint density at radius 3 is 2.54 bits per heavy atom. The van der Waals surface area contributed by atoms with Crippen molar-refractivity contribution >= 4 is 21.6 Å². The highest BCUT2D eigenvalue weighted by Crippen LogP contribution is 2.63. The first-order valence-electron chi connectivity index (χ1n) is 10.1. The number of nitrogens with one attached hydrogen (secondary N) is 1. The van der Waals surface area contributed by atoms with Crippen LogP contribution in [0.15, 0.2) is 34.3 Å². The lowest BCUT2D eigenvalue weighted by molar-refractivity contribution is 0.0953. The summed E-state index contributed by atoms with van der Waals surface area (Å²) in [5, 5.41) is 4.48. The van der Waals surface area contributed by atoms with E-state index in [4.69, 9.17) is 0 Å². The van der Waals surface area contributed by atoms with Crippen molar-refractivity contribution in [3.05, 3.63) is 29.8 Å². The lowest BCUT2D eigenvalue weighted by Gasteiger charge is -2.34. The Morgan fingerprint density at radius 1 is 1.21 bits per heavy atom. The van der Waals surface area contributed by atoms with Crippen LogP contribution in [0.3, 0.4) is 0 Å². The van der Waals surface area contributed by atoms with Crippen LogP contribution >= 0.6 is 0 Å². The van der Waals surface area contributed by atoms with E-state index < -0.39 is 10.0 Å². The van der Waals surface area contributed by atoms with Crippen molar-refractivity contribution in [2.75, 3.05) is 13.1 Å². The number of amides is 1. The second kappa shape index (κ2) is 6.66. The molecule has 0 radical (unpaired) electrons. The lowest BCUT2D eigenvalue weighted by Crippen LogP contribution is -2.34. The average Bonchev–Trinajstić information content (AvgIpc) is 3.33. The van der Waals surface area contributed by atoms with Gasteiger partial charge in [0.25, 0.3) is 5.91 Å². The Balaban J connectivity index is 1.52. The van der Waals surface area contributed by atoms with Gasteiger partial charge in [-0.1, -0.05) is 26.8 Å². The van der Waals surface area contributed by atoms with Crippen LogP contribution in [0.25, 0.3) is 0 Å². The molecule has 4 rings (SSSR count). The zero-order valence-electron chi connectivity index (χ0n) is 16.9. The van der Waals surface area contributed by atoms with Crippen molar-refractivity contribution < 1.29 is 13.2 Å². The van der Waals surface area contributed by atoms with Gasteiger partial charge in [0.15, 0.2) is 0 Å². The summed E-state index contributed by atoms with van der Waals surface area (Å²) in [6.45, 7) is 7.92. The molecule has 2 atom stereocenters. The van der Waals surface area contributed by atoms with Gasteiger partial charge in [-0.25, -0.2) is 13.8 Å². The third-order valence-electron chi connectivity index (χ3n) is 7.60. The standard InChI is InChI=1S/C21H29N3O3S/c1-20(2)16-9-10-21(20,3)18(14-16)22-23-19(25)15-7-6-8-17(13-15)28(26,27)24-11-4-5-12-24/h6-8,13,16H,4-5,9-12,14H2,1-3H3,(H,23,25)/b22-18+/t16-,21+/m0/s1. The van der Waals surface area contributed by atoms with Gasteiger partial charge in [-0.2, -0.15) is 9.41 Å². The van der Waals surface area contributed by atoms with E-state index in [0.29, 0.717) is 24.6 Å². The van der Waals surface area contributed by atoms with E-state index in [9.17, 15) is 13.2 Å². The molecule has 3 fully saturated rings. The summed E-state index contributed by atoms with van der Waals surface area (Å²) >= 11 is 0. The number of carbonyl (C=O) groups is 1. The molecule has 0 spiro atoms. The maximum atomic E-state index is 12.7. The van der Waals surface area contributed by atoms with Gasteiger partial charge >= 0.3 is 0 Å². The zero-order chi connectivity index (χ0) is 20.2. The van der Waals surface area contributed by atoms with Crippen LogP contribution in [-0.4, -0.2) is 37.4 Å². The second-order valence-electron chi connectivity index (χ2n) is 9.13. The first kappa shape index (κ1) is 19.6. The van der Waals surface area contributed by atoms with Gasteiger partial charge < -0.3 is 0 Å². The zero-order valence-corrected chi connectivity index (χ0v) is 17.7. The van der Waals surface area contributed by atoms with Gasteiger partial charge in [-0.05, 0) is 61.6 Å². The van der Waals surface area contributed by atoms with Gasteiger partial charge in [-0.15, -0.1) is 0 Å². The third-order valence-corrected chi connectivity index (χ3v) is 9.50. The molecule has 1 aliphatic heterocycles. The summed E-state index contributed by atoms with van der Waals surface area (Å²) in [4.78, 5) is 12.8. The summed E-state index contributed by atoms with van der Waals surface area (Å²) in [7, 11) is -3.54. The molecule has 3 aliphatic rings. The van der Waals surface area contributed by atoms with Crippen LogP contribution in [0.2, 0.25) is 0 Å². The van der Waals surface area contributed by atoms with E-state index in [-0.39, 0.29) is 21.6 Å². The van der Waals surface area contributed by atoms with E-state index in [1.54, 1.807) is 18.2 Å². The average molecular weight is 404 g/mol. The third kappa shape index (κ3) is 2.90. The van der Waals surface area contributed by atoms with E-state index in [2.05, 4.69) is 31.3 Å². The molecule has 1 aromatic rings. The number of nitrogens with zero attached hydrogens (tertiary/aromatic N) is 2. The van der Waals surface area contributed by atoms with E-state index >= 15 is 0 Å². The Kier molecular flexibility index (Phi) is 4.66. The van der Waals surface area contributed by atoms with Crippen molar-refractivity contribution in [1.82, 2.24) is 9.73 Å². The molecule has 2 aliphatic carbocycles. The predicted molar refractivity (Wildman–Crippen MR) is 109 cm³/mol. The van der Waals surface area contributed by atoms with Crippen molar-refractivity contribution in [1.29, 1.82) is 0 Å². The summed E-state index contributed by atoms with van der Waals surface area (Å²) in [6, 6.07) is 6.25. The number of fused-ring (bicyclic) bond motifs is 2. The van der Waals surface area contributed by atoms with Crippen LogP contribution in [0.5, 0.6) is 0 Å². The van der Waals surface area contributed by atoms with Crippen LogP contribution in [0.4, 0.5) is 0 Å². The van der Waals surface area contributed by atoms with Crippen LogP contribution in [0, 0.1) is 16.7 Å². The van der Waals surface area contributed by atoms with E-state index in [1.165, 1.54) is 16.8 Å². The summed E-state index contributed by atoms with van der Waals surface area (Å²) in [5.41, 5.74) is 4.27. The van der Waals surface area contributed by atoms with Crippen LogP contribution in [-0.2, 0) is 10.0 Å². The molecule has 7 heteroatoms. The molecule has 1 amide bonds. The number of hydrogen-bond acceptors (Lipinski definition) is 4. The smallest absolute Gasteiger partial charge is 0.267 e. The highest BCUT2D eigenvalue weighted by molar-refractivity contribution is 7.89. The highest BCUT2D eigenvalue weighted by Gasteiger charge is 2.60. The van der Waals surface area contributed by atoms with E-state index in [0.717, 1.165) is 31.4 Å². The molecular formula is C21H29N3O3S. The molecule has 2 saturated carbocycles. The first-order valence-corrected chi connectivity index (χ1v) is 11.6. The monoisotopic (exact) mass is 403 g/mol. The summed E-state index contributed by atoms with van der Waals surface area (Å²) < 4.78 is 27.0. The van der Waals surface area contributed by atoms with Gasteiger partial charge in [0.1, 0.15) is 0 Å². The van der Waals surface area contributed by atoms with E-state index in [1.807, 2.05) is 0 Å². The molecule has 6 nitrogen and oxygen atoms in total. The van der Waals surface area contributed by atoms with Crippen molar-refractivity contribution in [2.24, 2.45) is 21.8 Å². The SMILES string of the molecule is CC1(C)[C@H]2CC[C@]1(C)/C(=N/NC(=O)c1cccc(S(=O)(=O)N3CCCC3)c1)C2. The molecule has 1 heterocycles. The van der Waals surface area contributed by atoms with Gasteiger partial charge in [0.2, 0.25) is 10.0 Å². The van der Waals surface area contributed by atoms with Crippen molar-refractivity contribution in [3.8, 4) is 0 Å². The number of rotatable bonds is 4. The summed E-state index contributed by atoms with van der Waals surface area (Å²) in [5.74, 6) is 0.247. The molecule has 0 aromatic heterocycles. The Morgan fingerprint density at radius 2 is 1.93 bits per heavy atom. The lowest BCUT2D eigenvalue weighted by atomic mass is 9.70. The van der Waals surface area contributed by atoms with Crippen molar-refractivity contribution in [3.63, 3.8) is 0 Å². The van der Waals surface area contributed by atoms with Gasteiger partial charge in [-0.3, -0.25) is 4.79 Å². The molecule has 2 bridgehead atoms. The fraction of sp³-hybridized carbons (Fsp3) is 0.619. The molecular weight excluding hydrogens is 374 g/mol. The molecule has 0 unspecified atom stereocenters. The normalized spacial score (nSPS) is 30.8. The van der Waals surface area contributed by atoms with Crippen molar-refractivity contribution in [2.45, 2.75) is 57.8 Å². The first-order chi connectivity index (χ1) is 13.2. The molecule has 152 valence electrons. The number of hydrazone groups is 1. The Labute approximate surface area is 167 Å². The topological polar surface area (TPSA) is 78.8 Å². The largest absolute Gasteiger partial charge is 0.271 e. The van der Waals surface area contributed by atoms with Gasteiger partial charge in [0, 0.05) is 29.8 Å².